The van der Waals surface area contributed by atoms with Gasteiger partial charge in [-0.2, -0.15) is 0 Å². The van der Waals surface area contributed by atoms with E-state index in [0.29, 0.717) is 6.04 Å². The van der Waals surface area contributed by atoms with Gasteiger partial charge in [0, 0.05) is 17.6 Å². The Morgan fingerprint density at radius 1 is 0.960 bits per heavy atom. The summed E-state index contributed by atoms with van der Waals surface area (Å²) in [7, 11) is 0. The first-order valence-corrected chi connectivity index (χ1v) is 9.23. The molecule has 1 aromatic carbocycles. The van der Waals surface area contributed by atoms with Crippen molar-refractivity contribution in [2.75, 3.05) is 0 Å². The van der Waals surface area contributed by atoms with E-state index in [0.717, 1.165) is 38.5 Å². The molecule has 0 unspecified atom stereocenters. The lowest BCUT2D eigenvalue weighted by molar-refractivity contribution is 0.00950. The van der Waals surface area contributed by atoms with E-state index in [1.54, 1.807) is 0 Å². The second-order valence-electron chi connectivity index (χ2n) is 7.08. The Balaban J connectivity index is 1.37. The fourth-order valence-electron chi connectivity index (χ4n) is 3.73. The molecule has 2 aliphatic carbocycles. The summed E-state index contributed by atoms with van der Waals surface area (Å²) in [4.78, 5) is 12.0. The van der Waals surface area contributed by atoms with Gasteiger partial charge in [-0.25, -0.2) is 13.6 Å². The highest BCUT2D eigenvalue weighted by molar-refractivity contribution is 5.74. The molecule has 0 aliphatic heterocycles. The van der Waals surface area contributed by atoms with Gasteiger partial charge in [-0.05, 0) is 50.7 Å². The standard InChI is InChI=1S/C19H26F2N2O2/c20-17-6-3-7-18(21)16(17)12-25-15-10-8-14(9-11-15)23-19(24)22-13-4-1-2-5-13/h3,6-7,13-15H,1-2,4-5,8-12H2,(H2,22,23,24)/t14-,15-. The number of carbonyl (C=O) groups excluding carboxylic acids is 1. The molecule has 25 heavy (non-hydrogen) atoms. The van der Waals surface area contributed by atoms with Crippen LogP contribution in [0, 0.1) is 11.6 Å². The first kappa shape index (κ1) is 18.1. The predicted octanol–water partition coefficient (Wildman–Crippen LogP) is 4.03. The highest BCUT2D eigenvalue weighted by atomic mass is 19.1. The van der Waals surface area contributed by atoms with E-state index in [1.165, 1.54) is 31.0 Å². The van der Waals surface area contributed by atoms with Crippen molar-refractivity contribution in [3.8, 4) is 0 Å². The zero-order valence-electron chi connectivity index (χ0n) is 14.4. The number of rotatable bonds is 5. The molecular formula is C19H26F2N2O2. The summed E-state index contributed by atoms with van der Waals surface area (Å²) < 4.78 is 32.9. The number of benzene rings is 1. The molecule has 2 fully saturated rings. The van der Waals surface area contributed by atoms with E-state index in [4.69, 9.17) is 4.74 Å². The Labute approximate surface area is 147 Å². The van der Waals surface area contributed by atoms with Gasteiger partial charge in [-0.3, -0.25) is 0 Å². The number of halogens is 2. The maximum Gasteiger partial charge on any atom is 0.315 e. The topological polar surface area (TPSA) is 50.4 Å². The lowest BCUT2D eigenvalue weighted by Crippen LogP contribution is -2.47. The number of carbonyl (C=O) groups is 1. The average molecular weight is 352 g/mol. The molecule has 138 valence electrons. The van der Waals surface area contributed by atoms with Gasteiger partial charge in [0.05, 0.1) is 12.7 Å². The first-order chi connectivity index (χ1) is 12.1. The summed E-state index contributed by atoms with van der Waals surface area (Å²) in [6.07, 6.45) is 7.71. The van der Waals surface area contributed by atoms with Gasteiger partial charge in [0.25, 0.3) is 0 Å². The Bertz CT molecular complexity index is 563. The van der Waals surface area contributed by atoms with Crippen LogP contribution in [0.15, 0.2) is 18.2 Å². The largest absolute Gasteiger partial charge is 0.373 e. The predicted molar refractivity (Wildman–Crippen MR) is 91.1 cm³/mol. The third kappa shape index (κ3) is 5.14. The van der Waals surface area contributed by atoms with E-state index in [9.17, 15) is 13.6 Å². The summed E-state index contributed by atoms with van der Waals surface area (Å²) >= 11 is 0. The molecule has 0 heterocycles. The summed E-state index contributed by atoms with van der Waals surface area (Å²) in [6, 6.07) is 4.21. The summed E-state index contributed by atoms with van der Waals surface area (Å²) in [5, 5.41) is 6.06. The van der Waals surface area contributed by atoms with E-state index in [-0.39, 0.29) is 30.3 Å². The highest BCUT2D eigenvalue weighted by Crippen LogP contribution is 2.24. The van der Waals surface area contributed by atoms with E-state index in [2.05, 4.69) is 10.6 Å². The fourth-order valence-corrected chi connectivity index (χ4v) is 3.73. The summed E-state index contributed by atoms with van der Waals surface area (Å²) in [6.45, 7) is -0.0521. The van der Waals surface area contributed by atoms with Crippen molar-refractivity contribution >= 4 is 6.03 Å². The minimum atomic E-state index is -0.570. The normalized spacial score (nSPS) is 24.2. The van der Waals surface area contributed by atoms with Crippen molar-refractivity contribution in [1.82, 2.24) is 10.6 Å². The zero-order valence-corrected chi connectivity index (χ0v) is 14.4. The highest BCUT2D eigenvalue weighted by Gasteiger charge is 2.25. The van der Waals surface area contributed by atoms with Gasteiger partial charge in [-0.1, -0.05) is 18.9 Å². The van der Waals surface area contributed by atoms with Gasteiger partial charge in [-0.15, -0.1) is 0 Å². The SMILES string of the molecule is O=C(NC1CCCC1)N[C@H]1CC[C@H](OCc2c(F)cccc2F)CC1. The Morgan fingerprint density at radius 3 is 2.12 bits per heavy atom. The monoisotopic (exact) mass is 352 g/mol. The molecule has 2 aliphatic rings. The maximum absolute atomic E-state index is 13.6. The van der Waals surface area contributed by atoms with Crippen LogP contribution < -0.4 is 10.6 Å². The molecule has 2 N–H and O–H groups in total. The average Bonchev–Trinajstić information content (AvgIpc) is 3.08. The van der Waals surface area contributed by atoms with Crippen molar-refractivity contribution in [2.45, 2.75) is 76.2 Å². The van der Waals surface area contributed by atoms with Gasteiger partial charge >= 0.3 is 6.03 Å². The van der Waals surface area contributed by atoms with E-state index >= 15 is 0 Å². The number of nitrogens with one attached hydrogen (secondary N) is 2. The Hall–Kier alpha value is -1.69. The van der Waals surface area contributed by atoms with Crippen LogP contribution in [0.2, 0.25) is 0 Å². The smallest absolute Gasteiger partial charge is 0.315 e. The second-order valence-corrected chi connectivity index (χ2v) is 7.08. The molecule has 3 rings (SSSR count). The number of hydrogen-bond acceptors (Lipinski definition) is 2. The minimum absolute atomic E-state index is 0.0151. The van der Waals surface area contributed by atoms with Crippen molar-refractivity contribution in [3.05, 3.63) is 35.4 Å². The van der Waals surface area contributed by atoms with Crippen LogP contribution in [0.5, 0.6) is 0 Å². The molecule has 1 aromatic rings. The van der Waals surface area contributed by atoms with Crippen LogP contribution in [0.1, 0.15) is 56.9 Å². The second kappa shape index (κ2) is 8.61. The van der Waals surface area contributed by atoms with Crippen LogP contribution >= 0.6 is 0 Å². The molecule has 2 amide bonds. The molecule has 2 saturated carbocycles. The quantitative estimate of drug-likeness (QED) is 0.840. The van der Waals surface area contributed by atoms with Crippen molar-refractivity contribution in [3.63, 3.8) is 0 Å². The first-order valence-electron chi connectivity index (χ1n) is 9.23. The third-order valence-corrected chi connectivity index (χ3v) is 5.22. The van der Waals surface area contributed by atoms with Crippen LogP contribution in [0.4, 0.5) is 13.6 Å². The number of ether oxygens (including phenoxy) is 1. The maximum atomic E-state index is 13.6. The Morgan fingerprint density at radius 2 is 1.52 bits per heavy atom. The summed E-state index contributed by atoms with van der Waals surface area (Å²) in [5.74, 6) is -1.14. The Kier molecular flexibility index (Phi) is 6.24. The molecule has 4 nitrogen and oxygen atoms in total. The number of amides is 2. The van der Waals surface area contributed by atoms with Crippen molar-refractivity contribution < 1.29 is 18.3 Å². The van der Waals surface area contributed by atoms with Crippen LogP contribution in [-0.2, 0) is 11.3 Å². The van der Waals surface area contributed by atoms with E-state index < -0.39 is 11.6 Å². The molecule has 0 aromatic heterocycles. The summed E-state index contributed by atoms with van der Waals surface area (Å²) in [5.41, 5.74) is -0.0151. The van der Waals surface area contributed by atoms with Crippen molar-refractivity contribution in [1.29, 1.82) is 0 Å². The lowest BCUT2D eigenvalue weighted by Gasteiger charge is -2.29. The third-order valence-electron chi connectivity index (χ3n) is 5.22. The molecular weight excluding hydrogens is 326 g/mol. The van der Waals surface area contributed by atoms with Crippen LogP contribution in [-0.4, -0.2) is 24.2 Å². The van der Waals surface area contributed by atoms with Crippen LogP contribution in [0.25, 0.3) is 0 Å². The molecule has 0 saturated heterocycles. The van der Waals surface area contributed by atoms with Gasteiger partial charge in [0.2, 0.25) is 0 Å². The molecule has 0 atom stereocenters. The van der Waals surface area contributed by atoms with Crippen molar-refractivity contribution in [2.24, 2.45) is 0 Å². The van der Waals surface area contributed by atoms with Gasteiger partial charge in [0.1, 0.15) is 11.6 Å². The molecule has 6 heteroatoms. The lowest BCUT2D eigenvalue weighted by atomic mass is 9.93. The minimum Gasteiger partial charge on any atom is -0.373 e. The number of hydrogen-bond donors (Lipinski definition) is 2. The zero-order chi connectivity index (χ0) is 17.6. The van der Waals surface area contributed by atoms with Gasteiger partial charge in [0.15, 0.2) is 0 Å². The van der Waals surface area contributed by atoms with Gasteiger partial charge < -0.3 is 15.4 Å². The van der Waals surface area contributed by atoms with E-state index in [1.807, 2.05) is 0 Å². The molecule has 0 radical (unpaired) electrons. The molecule has 0 bridgehead atoms. The fraction of sp³-hybridized carbons (Fsp3) is 0.632. The molecule has 0 spiro atoms. The number of urea groups is 1. The van der Waals surface area contributed by atoms with Crippen LogP contribution in [0.3, 0.4) is 0 Å².